The molecule has 0 spiro atoms. The molecule has 0 radical (unpaired) electrons. The van der Waals surface area contributed by atoms with Gasteiger partial charge in [-0.05, 0) is 13.8 Å². The van der Waals surface area contributed by atoms with Crippen molar-refractivity contribution in [1.82, 2.24) is 9.97 Å². The van der Waals surface area contributed by atoms with Crippen LogP contribution in [0.4, 0.5) is 5.13 Å². The summed E-state index contributed by atoms with van der Waals surface area (Å²) < 4.78 is 0. The van der Waals surface area contributed by atoms with E-state index in [-0.39, 0.29) is 12.3 Å². The van der Waals surface area contributed by atoms with Crippen molar-refractivity contribution >= 4 is 39.7 Å². The molecular formula is C23H19N3O3S2. The van der Waals surface area contributed by atoms with Gasteiger partial charge in [-0.2, -0.15) is 0 Å². The van der Waals surface area contributed by atoms with Crippen LogP contribution in [0.2, 0.25) is 0 Å². The molecule has 2 heterocycles. The number of nitrogens with one attached hydrogen (secondary N) is 1. The zero-order chi connectivity index (χ0) is 22.0. The average molecular weight is 450 g/mol. The number of carboxylic acid groups (broad SMARTS) is 1. The van der Waals surface area contributed by atoms with Crippen molar-refractivity contribution in [2.45, 2.75) is 20.3 Å². The monoisotopic (exact) mass is 449 g/mol. The van der Waals surface area contributed by atoms with E-state index in [2.05, 4.69) is 15.3 Å². The van der Waals surface area contributed by atoms with Crippen LogP contribution in [0.25, 0.3) is 21.8 Å². The standard InChI is InChI=1S/C23H19N3O3S2/c1-13-8-10-16(11-9-13)22-24-14(2)20(31-22)21(29)26-23-25-19(15-6-4-3-5-7-15)17(30-23)12-18(27)28/h3-11H,12H2,1-2H3,(H,27,28)(H,25,26,29). The van der Waals surface area contributed by atoms with E-state index in [0.29, 0.717) is 26.3 Å². The molecule has 0 atom stereocenters. The van der Waals surface area contributed by atoms with Gasteiger partial charge in [-0.25, -0.2) is 9.97 Å². The quantitative estimate of drug-likeness (QED) is 0.409. The first-order valence-corrected chi connectivity index (χ1v) is 11.2. The predicted molar refractivity (Wildman–Crippen MR) is 124 cm³/mol. The number of amides is 1. The number of rotatable bonds is 6. The number of nitrogens with zero attached hydrogens (tertiary/aromatic N) is 2. The third kappa shape index (κ3) is 4.70. The molecule has 2 aromatic carbocycles. The highest BCUT2D eigenvalue weighted by molar-refractivity contribution is 7.18. The van der Waals surface area contributed by atoms with E-state index in [9.17, 15) is 14.7 Å². The first-order valence-electron chi connectivity index (χ1n) is 9.53. The van der Waals surface area contributed by atoms with E-state index in [1.807, 2.05) is 61.5 Å². The van der Waals surface area contributed by atoms with Crippen molar-refractivity contribution < 1.29 is 14.7 Å². The first kappa shape index (κ1) is 20.9. The molecule has 0 unspecified atom stereocenters. The fraction of sp³-hybridized carbons (Fsp3) is 0.130. The summed E-state index contributed by atoms with van der Waals surface area (Å²) in [6.07, 6.45) is -0.158. The number of hydrogen-bond acceptors (Lipinski definition) is 6. The van der Waals surface area contributed by atoms with Gasteiger partial charge in [0.2, 0.25) is 0 Å². The Labute approximate surface area is 187 Å². The summed E-state index contributed by atoms with van der Waals surface area (Å²) in [4.78, 5) is 34.4. The second kappa shape index (κ2) is 8.79. The van der Waals surface area contributed by atoms with Gasteiger partial charge in [0.1, 0.15) is 9.88 Å². The highest BCUT2D eigenvalue weighted by Gasteiger charge is 2.20. The SMILES string of the molecule is Cc1ccc(-c2nc(C)c(C(=O)Nc3nc(-c4ccccc4)c(CC(=O)O)s3)s2)cc1. The van der Waals surface area contributed by atoms with Gasteiger partial charge in [0.05, 0.1) is 17.8 Å². The number of carbonyl (C=O) groups is 2. The molecule has 8 heteroatoms. The van der Waals surface area contributed by atoms with E-state index in [1.54, 1.807) is 6.92 Å². The maximum Gasteiger partial charge on any atom is 0.308 e. The second-order valence-electron chi connectivity index (χ2n) is 6.98. The summed E-state index contributed by atoms with van der Waals surface area (Å²) >= 11 is 2.50. The Hall–Kier alpha value is -3.36. The molecule has 31 heavy (non-hydrogen) atoms. The topological polar surface area (TPSA) is 92.2 Å². The van der Waals surface area contributed by atoms with Crippen molar-refractivity contribution in [2.24, 2.45) is 0 Å². The second-order valence-corrected chi connectivity index (χ2v) is 9.06. The number of aromatic nitrogens is 2. The van der Waals surface area contributed by atoms with E-state index < -0.39 is 5.97 Å². The molecule has 4 aromatic rings. The predicted octanol–water partition coefficient (Wildman–Crippen LogP) is 5.43. The molecule has 4 rings (SSSR count). The Balaban J connectivity index is 1.61. The summed E-state index contributed by atoms with van der Waals surface area (Å²) in [6.45, 7) is 3.82. The van der Waals surface area contributed by atoms with Gasteiger partial charge in [-0.1, -0.05) is 60.2 Å². The summed E-state index contributed by atoms with van der Waals surface area (Å²) in [5, 5.41) is 13.2. The lowest BCUT2D eigenvalue weighted by Crippen LogP contribution is -2.11. The van der Waals surface area contributed by atoms with Gasteiger partial charge in [0.25, 0.3) is 5.91 Å². The zero-order valence-corrected chi connectivity index (χ0v) is 18.5. The van der Waals surface area contributed by atoms with Gasteiger partial charge >= 0.3 is 5.97 Å². The van der Waals surface area contributed by atoms with E-state index in [4.69, 9.17) is 0 Å². The van der Waals surface area contributed by atoms with Crippen molar-refractivity contribution in [3.05, 3.63) is 75.6 Å². The lowest BCUT2D eigenvalue weighted by atomic mass is 10.1. The molecule has 0 saturated heterocycles. The number of anilines is 1. The third-order valence-corrected chi connectivity index (χ3v) is 6.75. The van der Waals surface area contributed by atoms with Crippen LogP contribution in [-0.2, 0) is 11.2 Å². The highest BCUT2D eigenvalue weighted by Crippen LogP contribution is 2.33. The zero-order valence-electron chi connectivity index (χ0n) is 16.9. The lowest BCUT2D eigenvalue weighted by Gasteiger charge is -2.00. The molecular weight excluding hydrogens is 430 g/mol. The van der Waals surface area contributed by atoms with Gasteiger partial charge in [0, 0.05) is 16.0 Å². The molecule has 2 N–H and O–H groups in total. The molecule has 1 amide bonds. The van der Waals surface area contributed by atoms with E-state index in [0.717, 1.165) is 21.7 Å². The number of benzene rings is 2. The minimum absolute atomic E-state index is 0.158. The minimum atomic E-state index is -0.945. The number of carboxylic acids is 1. The maximum absolute atomic E-state index is 12.9. The number of carbonyl (C=O) groups excluding carboxylic acids is 1. The van der Waals surface area contributed by atoms with Crippen LogP contribution in [-0.4, -0.2) is 27.0 Å². The molecule has 0 aliphatic carbocycles. The molecule has 2 aromatic heterocycles. The summed E-state index contributed by atoms with van der Waals surface area (Å²) in [5.74, 6) is -1.25. The maximum atomic E-state index is 12.9. The molecule has 0 aliphatic rings. The number of aliphatic carboxylic acids is 1. The highest BCUT2D eigenvalue weighted by atomic mass is 32.1. The Morgan fingerprint density at radius 3 is 2.32 bits per heavy atom. The van der Waals surface area contributed by atoms with Crippen LogP contribution in [0.3, 0.4) is 0 Å². The van der Waals surface area contributed by atoms with Crippen molar-refractivity contribution in [3.63, 3.8) is 0 Å². The van der Waals surface area contributed by atoms with Crippen molar-refractivity contribution in [3.8, 4) is 21.8 Å². The lowest BCUT2D eigenvalue weighted by molar-refractivity contribution is -0.136. The van der Waals surface area contributed by atoms with Crippen LogP contribution in [0.15, 0.2) is 54.6 Å². The fourth-order valence-corrected chi connectivity index (χ4v) is 5.00. The van der Waals surface area contributed by atoms with Gasteiger partial charge in [-0.3, -0.25) is 14.9 Å². The Kier molecular flexibility index (Phi) is 5.92. The first-order chi connectivity index (χ1) is 14.9. The molecule has 0 aliphatic heterocycles. The van der Waals surface area contributed by atoms with Crippen molar-refractivity contribution in [1.29, 1.82) is 0 Å². The van der Waals surface area contributed by atoms with Crippen LogP contribution in [0.5, 0.6) is 0 Å². The minimum Gasteiger partial charge on any atom is -0.481 e. The van der Waals surface area contributed by atoms with Crippen LogP contribution in [0.1, 0.15) is 25.8 Å². The molecule has 6 nitrogen and oxygen atoms in total. The Bertz CT molecular complexity index is 1250. The number of aryl methyl sites for hydroxylation is 2. The number of hydrogen-bond donors (Lipinski definition) is 2. The van der Waals surface area contributed by atoms with Crippen LogP contribution < -0.4 is 5.32 Å². The summed E-state index contributed by atoms with van der Waals surface area (Å²) in [6, 6.07) is 17.3. The molecule has 0 saturated carbocycles. The largest absolute Gasteiger partial charge is 0.481 e. The summed E-state index contributed by atoms with van der Waals surface area (Å²) in [5.41, 5.74) is 4.15. The average Bonchev–Trinajstić information content (AvgIpc) is 3.32. The number of thiazole rings is 2. The third-order valence-electron chi connectivity index (χ3n) is 4.58. The van der Waals surface area contributed by atoms with Gasteiger partial charge < -0.3 is 5.11 Å². The summed E-state index contributed by atoms with van der Waals surface area (Å²) in [7, 11) is 0. The Morgan fingerprint density at radius 1 is 0.935 bits per heavy atom. The normalized spacial score (nSPS) is 10.8. The smallest absolute Gasteiger partial charge is 0.308 e. The molecule has 156 valence electrons. The van der Waals surface area contributed by atoms with Gasteiger partial charge in [-0.15, -0.1) is 22.7 Å². The van der Waals surface area contributed by atoms with E-state index >= 15 is 0 Å². The van der Waals surface area contributed by atoms with Crippen LogP contribution >= 0.6 is 22.7 Å². The van der Waals surface area contributed by atoms with E-state index in [1.165, 1.54) is 22.7 Å². The Morgan fingerprint density at radius 2 is 1.65 bits per heavy atom. The van der Waals surface area contributed by atoms with Crippen LogP contribution in [0, 0.1) is 13.8 Å². The molecule has 0 bridgehead atoms. The molecule has 0 fully saturated rings. The van der Waals surface area contributed by atoms with Gasteiger partial charge in [0.15, 0.2) is 5.13 Å². The fourth-order valence-electron chi connectivity index (χ4n) is 3.06. The van der Waals surface area contributed by atoms with Crippen molar-refractivity contribution in [2.75, 3.05) is 5.32 Å².